The molecule has 1 rings (SSSR count). The Bertz CT molecular complexity index is 184. The van der Waals surface area contributed by atoms with Gasteiger partial charge in [0.05, 0.1) is 6.26 Å². The van der Waals surface area contributed by atoms with Gasteiger partial charge in [-0.2, -0.15) is 0 Å². The molecule has 1 nitrogen and oxygen atoms in total. The van der Waals surface area contributed by atoms with Crippen LogP contribution in [0.25, 0.3) is 0 Å². The third-order valence-corrected chi connectivity index (χ3v) is 1.90. The summed E-state index contributed by atoms with van der Waals surface area (Å²) >= 11 is -0.730. The lowest BCUT2D eigenvalue weighted by Gasteiger charge is -2.03. The fourth-order valence-electron chi connectivity index (χ4n) is 0.752. The van der Waals surface area contributed by atoms with E-state index in [0.29, 0.717) is 5.75 Å². The van der Waals surface area contributed by atoms with E-state index in [0.717, 1.165) is 5.56 Å². The quantitative estimate of drug-likeness (QED) is 0.588. The molecule has 1 unspecified atom stereocenters. The van der Waals surface area contributed by atoms with Crippen molar-refractivity contribution in [1.82, 2.24) is 0 Å². The molecule has 0 aliphatic carbocycles. The first-order chi connectivity index (χ1) is 4.79. The van der Waals surface area contributed by atoms with Gasteiger partial charge < -0.3 is 4.55 Å². The predicted octanol–water partition coefficient (Wildman–Crippen LogP) is 1.37. The summed E-state index contributed by atoms with van der Waals surface area (Å²) in [5, 5.41) is 0. The molecule has 0 bridgehead atoms. The molecule has 1 aromatic carbocycles. The van der Waals surface area contributed by atoms with Gasteiger partial charge in [-0.1, -0.05) is 35.4 Å². The summed E-state index contributed by atoms with van der Waals surface area (Å²) < 4.78 is 10.7. The van der Waals surface area contributed by atoms with E-state index >= 15 is 0 Å². The molecule has 0 amide bonds. The van der Waals surface area contributed by atoms with Crippen molar-refractivity contribution < 1.29 is 4.55 Å². The Labute approximate surface area is 64.3 Å². The van der Waals surface area contributed by atoms with Crippen molar-refractivity contribution in [2.45, 2.75) is 5.75 Å². The highest BCUT2D eigenvalue weighted by molar-refractivity contribution is 7.89. The molecule has 0 aliphatic heterocycles. The standard InChI is InChI=1S/C8H9OS/c1-10(9)7-8-5-3-2-4-6-8/h3-6H,7H2,1H3. The van der Waals surface area contributed by atoms with E-state index in [4.69, 9.17) is 0 Å². The lowest BCUT2D eigenvalue weighted by atomic mass is 10.2. The van der Waals surface area contributed by atoms with Crippen molar-refractivity contribution in [2.75, 3.05) is 6.26 Å². The normalized spacial score (nSPS) is 13.0. The Kier molecular flexibility index (Phi) is 2.78. The van der Waals surface area contributed by atoms with Gasteiger partial charge in [-0.3, -0.25) is 0 Å². The monoisotopic (exact) mass is 153 g/mol. The molecule has 0 aromatic heterocycles. The highest BCUT2D eigenvalue weighted by Gasteiger charge is 1.97. The Morgan fingerprint density at radius 1 is 1.50 bits per heavy atom. The molecule has 53 valence electrons. The Balaban J connectivity index is 2.59. The summed E-state index contributed by atoms with van der Waals surface area (Å²) in [6.45, 7) is 0. The average molecular weight is 153 g/mol. The van der Waals surface area contributed by atoms with Crippen molar-refractivity contribution in [3.63, 3.8) is 0 Å². The van der Waals surface area contributed by atoms with Gasteiger partial charge in [0.1, 0.15) is 5.75 Å². The van der Waals surface area contributed by atoms with Gasteiger partial charge in [0.2, 0.25) is 0 Å². The predicted molar refractivity (Wildman–Crippen MR) is 43.0 cm³/mol. The third kappa shape index (κ3) is 2.42. The Morgan fingerprint density at radius 2 is 2.10 bits per heavy atom. The summed E-state index contributed by atoms with van der Waals surface area (Å²) in [4.78, 5) is 0. The van der Waals surface area contributed by atoms with Crippen LogP contribution >= 0.6 is 0 Å². The van der Waals surface area contributed by atoms with Crippen LogP contribution in [0.15, 0.2) is 24.3 Å². The van der Waals surface area contributed by atoms with E-state index < -0.39 is 11.2 Å². The first-order valence-corrected chi connectivity index (χ1v) is 4.77. The van der Waals surface area contributed by atoms with Crippen LogP contribution in [-0.2, 0) is 16.9 Å². The van der Waals surface area contributed by atoms with Crippen LogP contribution in [0.4, 0.5) is 0 Å². The van der Waals surface area contributed by atoms with Gasteiger partial charge in [-0.05, 0) is 6.07 Å². The number of hydrogen-bond acceptors (Lipinski definition) is 1. The summed E-state index contributed by atoms with van der Waals surface area (Å²) in [7, 11) is 0. The molecule has 2 heteroatoms. The second-order valence-electron chi connectivity index (χ2n) is 2.13. The third-order valence-electron chi connectivity index (χ3n) is 1.16. The van der Waals surface area contributed by atoms with Gasteiger partial charge in [0.15, 0.2) is 0 Å². The topological polar surface area (TPSA) is 23.1 Å². The highest BCUT2D eigenvalue weighted by Crippen LogP contribution is 2.02. The fourth-order valence-corrected chi connectivity index (χ4v) is 1.41. The molecule has 0 aliphatic rings. The maximum Gasteiger partial charge on any atom is 0.130 e. The molecule has 0 N–H and O–H groups in total. The zero-order valence-corrected chi connectivity index (χ0v) is 6.65. The second-order valence-corrected chi connectivity index (χ2v) is 3.56. The van der Waals surface area contributed by atoms with E-state index in [-0.39, 0.29) is 0 Å². The molecule has 0 saturated heterocycles. The SMILES string of the molecule is C[S+]([O-])Cc1cc[c]cc1. The van der Waals surface area contributed by atoms with E-state index in [1.54, 1.807) is 6.26 Å². The van der Waals surface area contributed by atoms with Crippen LogP contribution < -0.4 is 0 Å². The van der Waals surface area contributed by atoms with E-state index in [1.807, 2.05) is 24.3 Å². The van der Waals surface area contributed by atoms with Crippen LogP contribution in [0.1, 0.15) is 5.56 Å². The molecular formula is C8H9OS. The molecule has 0 saturated carbocycles. The number of rotatable bonds is 2. The van der Waals surface area contributed by atoms with Crippen LogP contribution in [0.2, 0.25) is 0 Å². The first kappa shape index (κ1) is 7.63. The molecule has 0 fully saturated rings. The first-order valence-electron chi connectivity index (χ1n) is 3.04. The lowest BCUT2D eigenvalue weighted by Crippen LogP contribution is -1.99. The largest absolute Gasteiger partial charge is 0.616 e. The van der Waals surface area contributed by atoms with Crippen molar-refractivity contribution in [3.8, 4) is 0 Å². The molecule has 1 aromatic rings. The van der Waals surface area contributed by atoms with Crippen LogP contribution in [-0.4, -0.2) is 10.8 Å². The fraction of sp³-hybridized carbons (Fsp3) is 0.250. The molecule has 1 radical (unpaired) electrons. The lowest BCUT2D eigenvalue weighted by molar-refractivity contribution is 0.600. The van der Waals surface area contributed by atoms with Gasteiger partial charge in [0, 0.05) is 5.56 Å². The minimum atomic E-state index is -0.730. The molecular weight excluding hydrogens is 144 g/mol. The minimum Gasteiger partial charge on any atom is -0.616 e. The van der Waals surface area contributed by atoms with Crippen molar-refractivity contribution in [1.29, 1.82) is 0 Å². The zero-order valence-electron chi connectivity index (χ0n) is 5.83. The van der Waals surface area contributed by atoms with Gasteiger partial charge >= 0.3 is 0 Å². The van der Waals surface area contributed by atoms with Crippen LogP contribution in [0, 0.1) is 6.07 Å². The van der Waals surface area contributed by atoms with Gasteiger partial charge in [-0.15, -0.1) is 0 Å². The number of hydrogen-bond donors (Lipinski definition) is 0. The summed E-state index contributed by atoms with van der Waals surface area (Å²) in [5.41, 5.74) is 1.11. The highest BCUT2D eigenvalue weighted by atomic mass is 32.2. The second kappa shape index (κ2) is 3.64. The average Bonchev–Trinajstić information content (AvgIpc) is 1.88. The maximum atomic E-state index is 10.7. The van der Waals surface area contributed by atoms with Gasteiger partial charge in [0.25, 0.3) is 0 Å². The van der Waals surface area contributed by atoms with Crippen LogP contribution in [0.3, 0.4) is 0 Å². The molecule has 1 atom stereocenters. The van der Waals surface area contributed by atoms with E-state index in [9.17, 15) is 4.55 Å². The Morgan fingerprint density at radius 3 is 2.60 bits per heavy atom. The smallest absolute Gasteiger partial charge is 0.130 e. The summed E-state index contributed by atoms with van der Waals surface area (Å²) in [5.74, 6) is 0.648. The molecule has 0 spiro atoms. The van der Waals surface area contributed by atoms with E-state index in [1.165, 1.54) is 0 Å². The van der Waals surface area contributed by atoms with Crippen molar-refractivity contribution in [3.05, 3.63) is 35.9 Å². The number of benzene rings is 1. The van der Waals surface area contributed by atoms with Crippen molar-refractivity contribution in [2.24, 2.45) is 0 Å². The minimum absolute atomic E-state index is 0.648. The van der Waals surface area contributed by atoms with E-state index in [2.05, 4.69) is 6.07 Å². The zero-order chi connectivity index (χ0) is 7.40. The van der Waals surface area contributed by atoms with Crippen LogP contribution in [0.5, 0.6) is 0 Å². The Hall–Kier alpha value is -0.470. The van der Waals surface area contributed by atoms with Gasteiger partial charge in [-0.25, -0.2) is 0 Å². The van der Waals surface area contributed by atoms with Crippen molar-refractivity contribution >= 4 is 11.2 Å². The maximum absolute atomic E-state index is 10.7. The molecule has 10 heavy (non-hydrogen) atoms. The molecule has 0 heterocycles. The summed E-state index contributed by atoms with van der Waals surface area (Å²) in [6.07, 6.45) is 1.71. The summed E-state index contributed by atoms with van der Waals surface area (Å²) in [6, 6.07) is 10.4.